The Bertz CT molecular complexity index is 410. The molecule has 1 heterocycles. The van der Waals surface area contributed by atoms with Gasteiger partial charge in [-0.15, -0.1) is 0 Å². The molecule has 1 aromatic heterocycles. The molecule has 88 valence electrons. The van der Waals surface area contributed by atoms with E-state index in [0.29, 0.717) is 12.1 Å². The summed E-state index contributed by atoms with van der Waals surface area (Å²) in [5, 5.41) is 2.79. The highest BCUT2D eigenvalue weighted by molar-refractivity contribution is 5.93. The van der Waals surface area contributed by atoms with Crippen LogP contribution in [0.2, 0.25) is 0 Å². The standard InChI is InChI=1S/C12H18N2O2/c1-3-4-5-7-13-12(16)10-6-8-14(2)11(15)9-10/h6,8-9H,3-5,7H2,1-2H3,(H,13,16). The topological polar surface area (TPSA) is 51.1 Å². The van der Waals surface area contributed by atoms with Gasteiger partial charge in [0.2, 0.25) is 0 Å². The summed E-state index contributed by atoms with van der Waals surface area (Å²) < 4.78 is 1.44. The first kappa shape index (κ1) is 12.5. The Hall–Kier alpha value is -1.58. The van der Waals surface area contributed by atoms with Gasteiger partial charge in [0, 0.05) is 31.4 Å². The fourth-order valence-electron chi connectivity index (χ4n) is 1.37. The zero-order valence-corrected chi connectivity index (χ0v) is 9.82. The largest absolute Gasteiger partial charge is 0.352 e. The molecule has 0 unspecified atom stereocenters. The van der Waals surface area contributed by atoms with Crippen LogP contribution in [0.15, 0.2) is 23.1 Å². The first-order valence-electron chi connectivity index (χ1n) is 5.60. The van der Waals surface area contributed by atoms with Gasteiger partial charge < -0.3 is 9.88 Å². The smallest absolute Gasteiger partial charge is 0.251 e. The van der Waals surface area contributed by atoms with Crippen LogP contribution in [0, 0.1) is 0 Å². The molecule has 16 heavy (non-hydrogen) atoms. The highest BCUT2D eigenvalue weighted by Gasteiger charge is 2.05. The Labute approximate surface area is 95.3 Å². The maximum atomic E-state index is 11.6. The van der Waals surface area contributed by atoms with Crippen LogP contribution in [0.25, 0.3) is 0 Å². The van der Waals surface area contributed by atoms with Crippen molar-refractivity contribution < 1.29 is 4.79 Å². The molecule has 1 amide bonds. The van der Waals surface area contributed by atoms with Crippen molar-refractivity contribution in [1.82, 2.24) is 9.88 Å². The predicted molar refractivity (Wildman–Crippen MR) is 63.5 cm³/mol. The molecule has 4 nitrogen and oxygen atoms in total. The van der Waals surface area contributed by atoms with Gasteiger partial charge in [-0.3, -0.25) is 9.59 Å². The molecule has 0 bridgehead atoms. The van der Waals surface area contributed by atoms with Crippen molar-refractivity contribution >= 4 is 5.91 Å². The van der Waals surface area contributed by atoms with E-state index in [4.69, 9.17) is 0 Å². The lowest BCUT2D eigenvalue weighted by atomic mass is 10.2. The van der Waals surface area contributed by atoms with Crippen molar-refractivity contribution in [2.75, 3.05) is 6.54 Å². The molecule has 0 saturated carbocycles. The minimum Gasteiger partial charge on any atom is -0.352 e. The van der Waals surface area contributed by atoms with Gasteiger partial charge >= 0.3 is 0 Å². The molecule has 0 aromatic carbocycles. The van der Waals surface area contributed by atoms with Crippen LogP contribution in [0.1, 0.15) is 36.5 Å². The highest BCUT2D eigenvalue weighted by atomic mass is 16.2. The number of carbonyl (C=O) groups excluding carboxylic acids is 1. The van der Waals surface area contributed by atoms with E-state index in [9.17, 15) is 9.59 Å². The molecule has 0 radical (unpaired) electrons. The van der Waals surface area contributed by atoms with E-state index in [1.807, 2.05) is 0 Å². The van der Waals surface area contributed by atoms with Gasteiger partial charge in [-0.1, -0.05) is 19.8 Å². The normalized spacial score (nSPS) is 10.1. The van der Waals surface area contributed by atoms with Gasteiger partial charge in [-0.25, -0.2) is 0 Å². The summed E-state index contributed by atoms with van der Waals surface area (Å²) in [5.74, 6) is -0.172. The van der Waals surface area contributed by atoms with Crippen molar-refractivity contribution in [3.05, 3.63) is 34.2 Å². The third-order valence-corrected chi connectivity index (χ3v) is 2.43. The van der Waals surface area contributed by atoms with E-state index >= 15 is 0 Å². The number of nitrogens with one attached hydrogen (secondary N) is 1. The molecule has 1 aromatic rings. The number of nitrogens with zero attached hydrogens (tertiary/aromatic N) is 1. The van der Waals surface area contributed by atoms with E-state index < -0.39 is 0 Å². The van der Waals surface area contributed by atoms with Crippen molar-refractivity contribution in [1.29, 1.82) is 0 Å². The van der Waals surface area contributed by atoms with Crippen molar-refractivity contribution in [3.8, 4) is 0 Å². The minimum absolute atomic E-state index is 0.166. The van der Waals surface area contributed by atoms with Gasteiger partial charge in [0.25, 0.3) is 11.5 Å². The number of rotatable bonds is 5. The van der Waals surface area contributed by atoms with Gasteiger partial charge in [0.15, 0.2) is 0 Å². The van der Waals surface area contributed by atoms with Crippen LogP contribution in [-0.4, -0.2) is 17.0 Å². The number of carbonyl (C=O) groups is 1. The lowest BCUT2D eigenvalue weighted by Gasteiger charge is -2.04. The second-order valence-electron chi connectivity index (χ2n) is 3.83. The molecular weight excluding hydrogens is 204 g/mol. The van der Waals surface area contributed by atoms with Gasteiger partial charge in [-0.2, -0.15) is 0 Å². The Morgan fingerprint density at radius 1 is 1.44 bits per heavy atom. The molecular formula is C12H18N2O2. The number of pyridine rings is 1. The van der Waals surface area contributed by atoms with Crippen LogP contribution < -0.4 is 10.9 Å². The summed E-state index contributed by atoms with van der Waals surface area (Å²) in [6, 6.07) is 3.01. The first-order valence-corrected chi connectivity index (χ1v) is 5.60. The van der Waals surface area contributed by atoms with E-state index in [1.165, 1.54) is 10.6 Å². The molecule has 0 aliphatic rings. The SMILES string of the molecule is CCCCCNC(=O)c1ccn(C)c(=O)c1. The van der Waals surface area contributed by atoms with Crippen LogP contribution in [0.4, 0.5) is 0 Å². The zero-order valence-electron chi connectivity index (χ0n) is 9.82. The fourth-order valence-corrected chi connectivity index (χ4v) is 1.37. The second-order valence-corrected chi connectivity index (χ2v) is 3.83. The van der Waals surface area contributed by atoms with E-state index in [2.05, 4.69) is 12.2 Å². The van der Waals surface area contributed by atoms with Crippen molar-refractivity contribution in [3.63, 3.8) is 0 Å². The Morgan fingerprint density at radius 2 is 2.19 bits per heavy atom. The Balaban J connectivity index is 2.53. The molecule has 0 saturated heterocycles. The van der Waals surface area contributed by atoms with Crippen LogP contribution >= 0.6 is 0 Å². The van der Waals surface area contributed by atoms with Crippen LogP contribution in [0.5, 0.6) is 0 Å². The minimum atomic E-state index is -0.172. The van der Waals surface area contributed by atoms with E-state index in [-0.39, 0.29) is 11.5 Å². The number of aryl methyl sites for hydroxylation is 1. The lowest BCUT2D eigenvalue weighted by Crippen LogP contribution is -2.26. The molecule has 1 N–H and O–H groups in total. The average molecular weight is 222 g/mol. The molecule has 0 fully saturated rings. The number of amides is 1. The van der Waals surface area contributed by atoms with Crippen LogP contribution in [0.3, 0.4) is 0 Å². The molecule has 0 atom stereocenters. The van der Waals surface area contributed by atoms with Gasteiger partial charge in [0.05, 0.1) is 0 Å². The quantitative estimate of drug-likeness (QED) is 0.763. The summed E-state index contributed by atoms with van der Waals surface area (Å²) in [4.78, 5) is 22.9. The highest BCUT2D eigenvalue weighted by Crippen LogP contribution is 1.96. The van der Waals surface area contributed by atoms with E-state index in [0.717, 1.165) is 19.3 Å². The summed E-state index contributed by atoms with van der Waals surface area (Å²) in [6.45, 7) is 2.78. The second kappa shape index (κ2) is 6.10. The number of aromatic nitrogens is 1. The van der Waals surface area contributed by atoms with Gasteiger partial charge in [0.1, 0.15) is 0 Å². The molecule has 0 aliphatic carbocycles. The lowest BCUT2D eigenvalue weighted by molar-refractivity contribution is 0.0952. The van der Waals surface area contributed by atoms with Crippen molar-refractivity contribution in [2.45, 2.75) is 26.2 Å². The number of hydrogen-bond donors (Lipinski definition) is 1. The fraction of sp³-hybridized carbons (Fsp3) is 0.500. The zero-order chi connectivity index (χ0) is 12.0. The maximum absolute atomic E-state index is 11.6. The third-order valence-electron chi connectivity index (χ3n) is 2.43. The van der Waals surface area contributed by atoms with E-state index in [1.54, 1.807) is 19.3 Å². The van der Waals surface area contributed by atoms with Crippen molar-refractivity contribution in [2.24, 2.45) is 7.05 Å². The maximum Gasteiger partial charge on any atom is 0.251 e. The molecule has 0 aliphatic heterocycles. The Kier molecular flexibility index (Phi) is 4.76. The Morgan fingerprint density at radius 3 is 2.81 bits per heavy atom. The molecule has 0 spiro atoms. The third kappa shape index (κ3) is 3.53. The monoisotopic (exact) mass is 222 g/mol. The summed E-state index contributed by atoms with van der Waals surface area (Å²) in [6.07, 6.45) is 4.81. The number of hydrogen-bond acceptors (Lipinski definition) is 2. The van der Waals surface area contributed by atoms with Gasteiger partial charge in [-0.05, 0) is 12.5 Å². The predicted octanol–water partition coefficient (Wildman–Crippen LogP) is 1.31. The average Bonchev–Trinajstić information content (AvgIpc) is 2.28. The number of unbranched alkanes of at least 4 members (excludes halogenated alkanes) is 2. The summed E-state index contributed by atoms with van der Waals surface area (Å²) in [7, 11) is 1.66. The first-order chi connectivity index (χ1) is 7.65. The van der Waals surface area contributed by atoms with Crippen LogP contribution in [-0.2, 0) is 7.05 Å². The molecule has 1 rings (SSSR count). The summed E-state index contributed by atoms with van der Waals surface area (Å²) >= 11 is 0. The summed E-state index contributed by atoms with van der Waals surface area (Å²) in [5.41, 5.74) is 0.265. The molecule has 4 heteroatoms.